The van der Waals surface area contributed by atoms with Gasteiger partial charge in [0.25, 0.3) is 0 Å². The van der Waals surface area contributed by atoms with Gasteiger partial charge in [0.05, 0.1) is 0 Å². The SMILES string of the molecule is c1ccc(-c2ccc(-c3nc(-c4ccc(-c5c6ccccc6c(-c6ccccc6)c6ccccc56)c5ccccc45)nc(-c4cccc5c4sc4ccccc45)n3)c3ccccc23)cc1. The van der Waals surface area contributed by atoms with Gasteiger partial charge in [-0.05, 0) is 101 Å². The standard InChI is InChI=1S/C61H37N3S/c1-3-18-38(19-4-1)40-34-36-52(43-24-9-7-22-41(40)43)59-62-60(64-61(63-59)54-32-17-31-51-45-26-15-16-33-55(45)65-58(51)54)53-37-35-50(42-23-8-10-25-44(42)53)57-48-29-13-11-27-46(48)56(39-20-5-2-6-21-39)47-28-12-14-30-49(47)57/h1-37H. The maximum Gasteiger partial charge on any atom is 0.165 e. The fourth-order valence-electron chi connectivity index (χ4n) is 10.1. The van der Waals surface area contributed by atoms with Crippen LogP contribution in [0.1, 0.15) is 0 Å². The molecule has 13 rings (SSSR count). The van der Waals surface area contributed by atoms with E-state index in [0.29, 0.717) is 17.5 Å². The lowest BCUT2D eigenvalue weighted by Gasteiger charge is -2.19. The molecule has 0 aliphatic rings. The monoisotopic (exact) mass is 843 g/mol. The topological polar surface area (TPSA) is 38.7 Å². The molecule has 4 heteroatoms. The number of hydrogen-bond donors (Lipinski definition) is 0. The maximum atomic E-state index is 5.45. The van der Waals surface area contributed by atoms with Gasteiger partial charge in [0.15, 0.2) is 17.5 Å². The van der Waals surface area contributed by atoms with Crippen molar-refractivity contribution in [2.24, 2.45) is 0 Å². The third-order valence-electron chi connectivity index (χ3n) is 13.0. The Morgan fingerprint density at radius 1 is 0.231 bits per heavy atom. The maximum absolute atomic E-state index is 5.45. The number of benzene rings is 11. The van der Waals surface area contributed by atoms with E-state index < -0.39 is 0 Å². The molecule has 0 unspecified atom stereocenters. The predicted molar refractivity (Wildman–Crippen MR) is 275 cm³/mol. The molecule has 11 aromatic carbocycles. The zero-order chi connectivity index (χ0) is 42.8. The van der Waals surface area contributed by atoms with E-state index >= 15 is 0 Å². The molecule has 0 fully saturated rings. The minimum Gasteiger partial charge on any atom is -0.208 e. The van der Waals surface area contributed by atoms with Crippen LogP contribution in [-0.4, -0.2) is 15.0 Å². The third-order valence-corrected chi connectivity index (χ3v) is 14.2. The van der Waals surface area contributed by atoms with Crippen molar-refractivity contribution in [3.8, 4) is 67.5 Å². The van der Waals surface area contributed by atoms with Gasteiger partial charge < -0.3 is 0 Å². The Kier molecular flexibility index (Phi) is 8.71. The van der Waals surface area contributed by atoms with E-state index in [4.69, 9.17) is 15.0 Å². The summed E-state index contributed by atoms with van der Waals surface area (Å²) in [7, 11) is 0. The van der Waals surface area contributed by atoms with Crippen LogP contribution in [0.25, 0.3) is 131 Å². The predicted octanol–water partition coefficient (Wildman–Crippen LogP) is 16.9. The highest BCUT2D eigenvalue weighted by Gasteiger charge is 2.22. The van der Waals surface area contributed by atoms with Gasteiger partial charge >= 0.3 is 0 Å². The van der Waals surface area contributed by atoms with Crippen molar-refractivity contribution in [1.82, 2.24) is 15.0 Å². The molecule has 0 spiro atoms. The molecule has 0 aliphatic heterocycles. The Morgan fingerprint density at radius 3 is 1.18 bits per heavy atom. The lowest BCUT2D eigenvalue weighted by atomic mass is 9.84. The van der Waals surface area contributed by atoms with E-state index in [-0.39, 0.29) is 0 Å². The van der Waals surface area contributed by atoms with Crippen LogP contribution in [0.2, 0.25) is 0 Å². The summed E-state index contributed by atoms with van der Waals surface area (Å²) in [6.07, 6.45) is 0. The largest absolute Gasteiger partial charge is 0.208 e. The van der Waals surface area contributed by atoms with Gasteiger partial charge in [0, 0.05) is 36.9 Å². The Hall–Kier alpha value is -8.31. The van der Waals surface area contributed by atoms with Crippen molar-refractivity contribution in [3.63, 3.8) is 0 Å². The van der Waals surface area contributed by atoms with Gasteiger partial charge in [-0.1, -0.05) is 200 Å². The summed E-state index contributed by atoms with van der Waals surface area (Å²) in [5.74, 6) is 1.93. The highest BCUT2D eigenvalue weighted by atomic mass is 32.1. The summed E-state index contributed by atoms with van der Waals surface area (Å²) in [5.41, 5.74) is 10.1. The van der Waals surface area contributed by atoms with Crippen LogP contribution < -0.4 is 0 Å². The van der Waals surface area contributed by atoms with Gasteiger partial charge in [0.2, 0.25) is 0 Å². The molecule has 0 radical (unpaired) electrons. The quantitative estimate of drug-likeness (QED) is 0.157. The lowest BCUT2D eigenvalue weighted by Crippen LogP contribution is -2.01. The minimum absolute atomic E-state index is 0.635. The highest BCUT2D eigenvalue weighted by Crippen LogP contribution is 2.47. The van der Waals surface area contributed by atoms with E-state index in [1.54, 1.807) is 11.3 Å². The van der Waals surface area contributed by atoms with Crippen LogP contribution in [-0.2, 0) is 0 Å². The molecule has 3 nitrogen and oxygen atoms in total. The third kappa shape index (κ3) is 6.07. The van der Waals surface area contributed by atoms with Gasteiger partial charge in [-0.2, -0.15) is 0 Å². The molecule has 0 bridgehead atoms. The molecular formula is C61H37N3S. The molecule has 65 heavy (non-hydrogen) atoms. The van der Waals surface area contributed by atoms with Crippen LogP contribution >= 0.6 is 11.3 Å². The van der Waals surface area contributed by atoms with Gasteiger partial charge in [-0.25, -0.2) is 15.0 Å². The summed E-state index contributed by atoms with van der Waals surface area (Å²) < 4.78 is 2.41. The molecule has 0 atom stereocenters. The van der Waals surface area contributed by atoms with Crippen LogP contribution in [0.15, 0.2) is 224 Å². The fourth-order valence-corrected chi connectivity index (χ4v) is 11.3. The zero-order valence-electron chi connectivity index (χ0n) is 35.1. The van der Waals surface area contributed by atoms with Crippen molar-refractivity contribution in [2.45, 2.75) is 0 Å². The van der Waals surface area contributed by atoms with Crippen LogP contribution in [0, 0.1) is 0 Å². The van der Waals surface area contributed by atoms with E-state index in [0.717, 1.165) is 38.2 Å². The number of hydrogen-bond acceptors (Lipinski definition) is 4. The average molecular weight is 844 g/mol. The number of aromatic nitrogens is 3. The molecular weight excluding hydrogens is 807 g/mol. The van der Waals surface area contributed by atoms with Crippen LogP contribution in [0.3, 0.4) is 0 Å². The second-order valence-corrected chi connectivity index (χ2v) is 17.6. The molecule has 302 valence electrons. The Morgan fingerprint density at radius 2 is 0.615 bits per heavy atom. The summed E-state index contributed by atoms with van der Waals surface area (Å²) >= 11 is 1.79. The lowest BCUT2D eigenvalue weighted by molar-refractivity contribution is 1.08. The highest BCUT2D eigenvalue weighted by molar-refractivity contribution is 7.26. The van der Waals surface area contributed by atoms with E-state index in [2.05, 4.69) is 224 Å². The van der Waals surface area contributed by atoms with Crippen molar-refractivity contribution in [1.29, 1.82) is 0 Å². The van der Waals surface area contributed by atoms with E-state index in [1.165, 1.54) is 75.1 Å². The molecule has 0 N–H and O–H groups in total. The van der Waals surface area contributed by atoms with E-state index in [1.807, 2.05) is 0 Å². The van der Waals surface area contributed by atoms with Crippen molar-refractivity contribution in [3.05, 3.63) is 224 Å². The Bertz CT molecular complexity index is 3950. The molecule has 0 amide bonds. The average Bonchev–Trinajstić information content (AvgIpc) is 3.77. The smallest absolute Gasteiger partial charge is 0.165 e. The van der Waals surface area contributed by atoms with E-state index in [9.17, 15) is 0 Å². The van der Waals surface area contributed by atoms with Crippen molar-refractivity contribution >= 4 is 74.6 Å². The molecule has 2 heterocycles. The second-order valence-electron chi connectivity index (χ2n) is 16.6. The molecule has 0 aliphatic carbocycles. The molecule has 2 aromatic heterocycles. The number of nitrogens with zero attached hydrogens (tertiary/aromatic N) is 3. The summed E-state index contributed by atoms with van der Waals surface area (Å²) in [6, 6.07) is 80.5. The zero-order valence-corrected chi connectivity index (χ0v) is 35.9. The minimum atomic E-state index is 0.635. The van der Waals surface area contributed by atoms with Crippen LogP contribution in [0.5, 0.6) is 0 Å². The number of fused-ring (bicyclic) bond motifs is 7. The van der Waals surface area contributed by atoms with Crippen molar-refractivity contribution < 1.29 is 0 Å². The van der Waals surface area contributed by atoms with Gasteiger partial charge in [0.1, 0.15) is 0 Å². The second kappa shape index (κ2) is 15.2. The summed E-state index contributed by atoms with van der Waals surface area (Å²) in [5, 5.41) is 11.8. The first kappa shape index (κ1) is 37.3. The normalized spacial score (nSPS) is 11.7. The first-order valence-electron chi connectivity index (χ1n) is 22.0. The fraction of sp³-hybridized carbons (Fsp3) is 0. The van der Waals surface area contributed by atoms with Gasteiger partial charge in [-0.15, -0.1) is 11.3 Å². The van der Waals surface area contributed by atoms with Gasteiger partial charge in [-0.3, -0.25) is 0 Å². The molecule has 0 saturated heterocycles. The molecule has 0 saturated carbocycles. The van der Waals surface area contributed by atoms with Crippen LogP contribution in [0.4, 0.5) is 0 Å². The Labute approximate surface area is 379 Å². The Balaban J connectivity index is 1.07. The number of thiophene rings is 1. The van der Waals surface area contributed by atoms with Crippen molar-refractivity contribution in [2.75, 3.05) is 0 Å². The summed E-state index contributed by atoms with van der Waals surface area (Å²) in [6.45, 7) is 0. The summed E-state index contributed by atoms with van der Waals surface area (Å²) in [4.78, 5) is 16.3. The number of rotatable bonds is 6. The first-order chi connectivity index (χ1) is 32.3. The first-order valence-corrected chi connectivity index (χ1v) is 22.8. The molecule has 13 aromatic rings.